The first-order valence-electron chi connectivity index (χ1n) is 9.41. The molecule has 1 aliphatic rings. The van der Waals surface area contributed by atoms with Crippen molar-refractivity contribution in [2.75, 3.05) is 28.6 Å². The maximum atomic E-state index is 11.7. The molecular weight excluding hydrogens is 326 g/mol. The second-order valence-electron chi connectivity index (χ2n) is 6.74. The summed E-state index contributed by atoms with van der Waals surface area (Å²) in [5.41, 5.74) is 2.69. The first-order valence-corrected chi connectivity index (χ1v) is 9.41. The van der Waals surface area contributed by atoms with Crippen LogP contribution >= 0.6 is 0 Å². The van der Waals surface area contributed by atoms with Crippen molar-refractivity contribution < 1.29 is 4.79 Å². The van der Waals surface area contributed by atoms with Crippen molar-refractivity contribution >= 4 is 29.0 Å². The third-order valence-electron chi connectivity index (χ3n) is 4.40. The largest absolute Gasteiger partial charge is 0.341 e. The first-order chi connectivity index (χ1) is 12.6. The molecule has 2 aromatic rings. The van der Waals surface area contributed by atoms with E-state index in [0.29, 0.717) is 6.42 Å². The van der Waals surface area contributed by atoms with Crippen LogP contribution < -0.4 is 15.5 Å². The second kappa shape index (κ2) is 8.65. The number of rotatable bonds is 6. The summed E-state index contributed by atoms with van der Waals surface area (Å²) >= 11 is 0. The molecule has 2 heterocycles. The Balaban J connectivity index is 1.68. The number of nitrogens with zero attached hydrogens (tertiary/aromatic N) is 3. The average molecular weight is 353 g/mol. The second-order valence-corrected chi connectivity index (χ2v) is 6.74. The molecule has 2 N–H and O–H groups in total. The van der Waals surface area contributed by atoms with E-state index in [1.54, 1.807) is 0 Å². The van der Waals surface area contributed by atoms with E-state index in [1.807, 2.05) is 44.2 Å². The highest BCUT2D eigenvalue weighted by molar-refractivity contribution is 5.90. The number of amides is 1. The number of anilines is 4. The summed E-state index contributed by atoms with van der Waals surface area (Å²) < 4.78 is 0. The summed E-state index contributed by atoms with van der Waals surface area (Å²) in [5, 5.41) is 6.24. The van der Waals surface area contributed by atoms with Crippen molar-refractivity contribution in [1.29, 1.82) is 0 Å². The van der Waals surface area contributed by atoms with E-state index in [9.17, 15) is 4.79 Å². The van der Waals surface area contributed by atoms with Crippen LogP contribution in [0.3, 0.4) is 0 Å². The maximum absolute atomic E-state index is 11.7. The van der Waals surface area contributed by atoms with Crippen molar-refractivity contribution in [3.05, 3.63) is 36.0 Å². The van der Waals surface area contributed by atoms with Crippen LogP contribution in [-0.4, -0.2) is 29.0 Å². The predicted octanol–water partition coefficient (Wildman–Crippen LogP) is 4.26. The van der Waals surface area contributed by atoms with Gasteiger partial charge in [0.25, 0.3) is 0 Å². The van der Waals surface area contributed by atoms with Gasteiger partial charge >= 0.3 is 0 Å². The smallest absolute Gasteiger partial charge is 0.227 e. The van der Waals surface area contributed by atoms with Gasteiger partial charge in [0, 0.05) is 42.6 Å². The van der Waals surface area contributed by atoms with E-state index in [0.717, 1.165) is 48.3 Å². The molecule has 1 aliphatic heterocycles. The number of aryl methyl sites for hydroxylation is 1. The third-order valence-corrected chi connectivity index (χ3v) is 4.40. The van der Waals surface area contributed by atoms with Crippen molar-refractivity contribution in [2.45, 2.75) is 46.0 Å². The third kappa shape index (κ3) is 4.94. The Bertz CT molecular complexity index is 738. The molecule has 1 aromatic carbocycles. The summed E-state index contributed by atoms with van der Waals surface area (Å²) in [7, 11) is 0. The van der Waals surface area contributed by atoms with Crippen LogP contribution in [0.4, 0.5) is 23.1 Å². The van der Waals surface area contributed by atoms with E-state index >= 15 is 0 Å². The molecule has 1 saturated heterocycles. The molecular formula is C20H27N5O. The van der Waals surface area contributed by atoms with E-state index < -0.39 is 0 Å². The van der Waals surface area contributed by atoms with Crippen LogP contribution in [0.25, 0.3) is 0 Å². The van der Waals surface area contributed by atoms with E-state index in [4.69, 9.17) is 0 Å². The van der Waals surface area contributed by atoms with Crippen molar-refractivity contribution in [1.82, 2.24) is 9.97 Å². The molecule has 0 atom stereocenters. The maximum Gasteiger partial charge on any atom is 0.227 e. The lowest BCUT2D eigenvalue weighted by molar-refractivity contribution is -0.116. The number of piperidine rings is 1. The highest BCUT2D eigenvalue weighted by Crippen LogP contribution is 2.22. The molecule has 0 radical (unpaired) electrons. The quantitative estimate of drug-likeness (QED) is 0.812. The molecule has 1 aromatic heterocycles. The zero-order valence-corrected chi connectivity index (χ0v) is 15.6. The number of aromatic nitrogens is 2. The van der Waals surface area contributed by atoms with Gasteiger partial charge in [-0.1, -0.05) is 6.92 Å². The van der Waals surface area contributed by atoms with Gasteiger partial charge in [0.05, 0.1) is 0 Å². The van der Waals surface area contributed by atoms with Gasteiger partial charge in [-0.2, -0.15) is 4.98 Å². The number of hydrogen-bond acceptors (Lipinski definition) is 5. The number of carbonyl (C=O) groups is 1. The van der Waals surface area contributed by atoms with Gasteiger partial charge in [0.15, 0.2) is 0 Å². The van der Waals surface area contributed by atoms with Crippen molar-refractivity contribution in [3.8, 4) is 0 Å². The molecule has 0 aliphatic carbocycles. The molecule has 1 amide bonds. The number of carbonyl (C=O) groups excluding carboxylic acids is 1. The van der Waals surface area contributed by atoms with Gasteiger partial charge in [0.1, 0.15) is 5.82 Å². The summed E-state index contributed by atoms with van der Waals surface area (Å²) in [6, 6.07) is 9.63. The van der Waals surface area contributed by atoms with E-state index in [1.165, 1.54) is 19.3 Å². The zero-order valence-electron chi connectivity index (χ0n) is 15.6. The minimum absolute atomic E-state index is 0.0470. The molecule has 0 bridgehead atoms. The van der Waals surface area contributed by atoms with Crippen LogP contribution in [0.5, 0.6) is 0 Å². The van der Waals surface area contributed by atoms with Crippen LogP contribution in [-0.2, 0) is 4.79 Å². The summed E-state index contributed by atoms with van der Waals surface area (Å²) in [5.74, 6) is 1.64. The van der Waals surface area contributed by atoms with E-state index in [-0.39, 0.29) is 5.91 Å². The fourth-order valence-corrected chi connectivity index (χ4v) is 3.09. The monoisotopic (exact) mass is 353 g/mol. The van der Waals surface area contributed by atoms with Crippen LogP contribution in [0.15, 0.2) is 30.3 Å². The van der Waals surface area contributed by atoms with Crippen molar-refractivity contribution in [2.24, 2.45) is 0 Å². The summed E-state index contributed by atoms with van der Waals surface area (Å²) in [4.78, 5) is 23.2. The van der Waals surface area contributed by atoms with Crippen LogP contribution in [0.2, 0.25) is 0 Å². The van der Waals surface area contributed by atoms with Gasteiger partial charge in [0.2, 0.25) is 11.9 Å². The molecule has 6 heteroatoms. The average Bonchev–Trinajstić information content (AvgIpc) is 2.64. The van der Waals surface area contributed by atoms with Gasteiger partial charge in [-0.15, -0.1) is 0 Å². The topological polar surface area (TPSA) is 70.2 Å². The number of hydrogen-bond donors (Lipinski definition) is 2. The molecule has 3 rings (SSSR count). The molecule has 0 spiro atoms. The van der Waals surface area contributed by atoms with Crippen LogP contribution in [0, 0.1) is 6.92 Å². The number of nitrogens with one attached hydrogen (secondary N) is 2. The fourth-order valence-electron chi connectivity index (χ4n) is 3.09. The van der Waals surface area contributed by atoms with Crippen LogP contribution in [0.1, 0.15) is 44.7 Å². The van der Waals surface area contributed by atoms with Gasteiger partial charge in [-0.25, -0.2) is 4.98 Å². The van der Waals surface area contributed by atoms with Crippen molar-refractivity contribution in [3.63, 3.8) is 0 Å². The summed E-state index contributed by atoms with van der Waals surface area (Å²) in [6.45, 7) is 6.03. The zero-order chi connectivity index (χ0) is 18.4. The summed E-state index contributed by atoms with van der Waals surface area (Å²) in [6.07, 6.45) is 5.07. The molecule has 138 valence electrons. The van der Waals surface area contributed by atoms with E-state index in [2.05, 4.69) is 25.5 Å². The molecule has 26 heavy (non-hydrogen) atoms. The lowest BCUT2D eigenvalue weighted by Crippen LogP contribution is -2.31. The highest BCUT2D eigenvalue weighted by atomic mass is 16.1. The minimum atomic E-state index is 0.0470. The Kier molecular flexibility index (Phi) is 6.04. The Labute approximate surface area is 155 Å². The molecule has 0 saturated carbocycles. The SMILES string of the molecule is CCCC(=O)Nc1ccc(Nc2cc(C)nc(N3CCCCC3)n2)cc1. The normalized spacial score (nSPS) is 14.2. The molecule has 6 nitrogen and oxygen atoms in total. The van der Waals surface area contributed by atoms with Gasteiger partial charge in [-0.3, -0.25) is 4.79 Å². The Hall–Kier alpha value is -2.63. The van der Waals surface area contributed by atoms with Gasteiger partial charge < -0.3 is 15.5 Å². The molecule has 0 unspecified atom stereocenters. The number of benzene rings is 1. The predicted molar refractivity (Wildman–Crippen MR) is 106 cm³/mol. The Morgan fingerprint density at radius 1 is 1.08 bits per heavy atom. The minimum Gasteiger partial charge on any atom is -0.341 e. The lowest BCUT2D eigenvalue weighted by Gasteiger charge is -2.27. The molecule has 1 fully saturated rings. The Morgan fingerprint density at radius 2 is 1.77 bits per heavy atom. The standard InChI is InChI=1S/C20H27N5O/c1-3-7-19(26)23-17-10-8-16(9-11-17)22-18-14-15(2)21-20(24-18)25-12-5-4-6-13-25/h8-11,14H,3-7,12-13H2,1-2H3,(H,23,26)(H,21,22,24). The fraction of sp³-hybridized carbons (Fsp3) is 0.450. The van der Waals surface area contributed by atoms with Gasteiger partial charge in [-0.05, 0) is 56.9 Å². The first kappa shape index (κ1) is 18.2. The Morgan fingerprint density at radius 3 is 2.46 bits per heavy atom. The lowest BCUT2D eigenvalue weighted by atomic mass is 10.1. The highest BCUT2D eigenvalue weighted by Gasteiger charge is 2.14.